The summed E-state index contributed by atoms with van der Waals surface area (Å²) in [6.45, 7) is 4.94. The summed E-state index contributed by atoms with van der Waals surface area (Å²) in [5, 5.41) is 0. The van der Waals surface area contributed by atoms with Crippen LogP contribution in [-0.4, -0.2) is 18.2 Å². The van der Waals surface area contributed by atoms with Gasteiger partial charge in [-0.25, -0.2) is 9.18 Å². The molecule has 0 aliphatic carbocycles. The van der Waals surface area contributed by atoms with E-state index in [2.05, 4.69) is 15.9 Å². The van der Waals surface area contributed by atoms with E-state index in [1.54, 1.807) is 32.9 Å². The lowest BCUT2D eigenvalue weighted by molar-refractivity contribution is -0.157. The third-order valence-electron chi connectivity index (χ3n) is 1.67. The van der Waals surface area contributed by atoms with Crippen molar-refractivity contribution in [3.8, 4) is 5.75 Å². The number of hydrogen-bond acceptors (Lipinski definition) is 3. The number of rotatable bonds is 3. The number of benzene rings is 1. The third-order valence-corrected chi connectivity index (χ3v) is 2.30. The Kier molecular flexibility index (Phi) is 4.51. The smallest absolute Gasteiger partial charge is 0.344 e. The van der Waals surface area contributed by atoms with Gasteiger partial charge in [0.25, 0.3) is 0 Å². The first kappa shape index (κ1) is 14.0. The number of hydrogen-bond donors (Lipinski definition) is 0. The zero-order valence-corrected chi connectivity index (χ0v) is 11.5. The molecule has 0 saturated carbocycles. The Morgan fingerprint density at radius 1 is 1.41 bits per heavy atom. The average molecular weight is 305 g/mol. The zero-order valence-electron chi connectivity index (χ0n) is 9.92. The van der Waals surface area contributed by atoms with Gasteiger partial charge in [-0.3, -0.25) is 0 Å². The van der Waals surface area contributed by atoms with Crippen LogP contribution in [0.4, 0.5) is 4.39 Å². The fourth-order valence-corrected chi connectivity index (χ4v) is 1.58. The highest BCUT2D eigenvalue weighted by Crippen LogP contribution is 2.27. The van der Waals surface area contributed by atoms with E-state index < -0.39 is 17.4 Å². The lowest BCUT2D eigenvalue weighted by Crippen LogP contribution is -2.27. The predicted molar refractivity (Wildman–Crippen MR) is 65.4 cm³/mol. The van der Waals surface area contributed by atoms with Gasteiger partial charge in [-0.05, 0) is 48.8 Å². The van der Waals surface area contributed by atoms with Crippen molar-refractivity contribution in [3.63, 3.8) is 0 Å². The SMILES string of the molecule is CC(C)(C)OC(=O)COc1c(F)cccc1Br. The summed E-state index contributed by atoms with van der Waals surface area (Å²) in [5.74, 6) is -1.05. The first-order valence-electron chi connectivity index (χ1n) is 5.08. The normalized spacial score (nSPS) is 11.1. The van der Waals surface area contributed by atoms with Crippen molar-refractivity contribution in [1.29, 1.82) is 0 Å². The first-order chi connectivity index (χ1) is 7.79. The molecule has 17 heavy (non-hydrogen) atoms. The molecule has 5 heteroatoms. The molecule has 1 aromatic carbocycles. The van der Waals surface area contributed by atoms with Gasteiger partial charge >= 0.3 is 5.97 Å². The second kappa shape index (κ2) is 5.49. The Morgan fingerprint density at radius 3 is 2.59 bits per heavy atom. The van der Waals surface area contributed by atoms with Gasteiger partial charge in [0.15, 0.2) is 18.2 Å². The van der Waals surface area contributed by atoms with Crippen molar-refractivity contribution in [2.24, 2.45) is 0 Å². The summed E-state index contributed by atoms with van der Waals surface area (Å²) in [5.41, 5.74) is -0.576. The summed E-state index contributed by atoms with van der Waals surface area (Å²) in [7, 11) is 0. The van der Waals surface area contributed by atoms with Crippen LogP contribution in [0.1, 0.15) is 20.8 Å². The minimum atomic E-state index is -0.576. The first-order valence-corrected chi connectivity index (χ1v) is 5.87. The van der Waals surface area contributed by atoms with Crippen molar-refractivity contribution in [2.75, 3.05) is 6.61 Å². The van der Waals surface area contributed by atoms with Crippen LogP contribution < -0.4 is 4.74 Å². The third kappa shape index (κ3) is 4.73. The summed E-state index contributed by atoms with van der Waals surface area (Å²) in [4.78, 5) is 11.4. The lowest BCUT2D eigenvalue weighted by Gasteiger charge is -2.19. The van der Waals surface area contributed by atoms with Crippen LogP contribution in [0.3, 0.4) is 0 Å². The largest absolute Gasteiger partial charge is 0.478 e. The van der Waals surface area contributed by atoms with E-state index in [1.165, 1.54) is 6.07 Å². The molecular formula is C12H14BrFO3. The van der Waals surface area contributed by atoms with E-state index in [4.69, 9.17) is 9.47 Å². The van der Waals surface area contributed by atoms with Gasteiger partial charge in [0.2, 0.25) is 0 Å². The van der Waals surface area contributed by atoms with Crippen LogP contribution >= 0.6 is 15.9 Å². The molecule has 0 spiro atoms. The van der Waals surface area contributed by atoms with E-state index in [1.807, 2.05) is 0 Å². The van der Waals surface area contributed by atoms with Crippen LogP contribution in [0.5, 0.6) is 5.75 Å². The van der Waals surface area contributed by atoms with E-state index in [0.717, 1.165) is 0 Å². The molecule has 0 aliphatic rings. The maximum absolute atomic E-state index is 13.3. The van der Waals surface area contributed by atoms with Gasteiger partial charge in [-0.15, -0.1) is 0 Å². The molecule has 0 aliphatic heterocycles. The number of carbonyl (C=O) groups is 1. The number of esters is 1. The average Bonchev–Trinajstić information content (AvgIpc) is 2.14. The van der Waals surface area contributed by atoms with E-state index in [0.29, 0.717) is 4.47 Å². The topological polar surface area (TPSA) is 35.5 Å². The fraction of sp³-hybridized carbons (Fsp3) is 0.417. The highest BCUT2D eigenvalue weighted by molar-refractivity contribution is 9.10. The maximum atomic E-state index is 13.3. The van der Waals surface area contributed by atoms with Crippen molar-refractivity contribution in [3.05, 3.63) is 28.5 Å². The van der Waals surface area contributed by atoms with E-state index in [-0.39, 0.29) is 12.4 Å². The Balaban J connectivity index is 2.59. The Hall–Kier alpha value is -1.10. The Labute approximate surface area is 108 Å². The minimum Gasteiger partial charge on any atom is -0.478 e. The van der Waals surface area contributed by atoms with Gasteiger partial charge in [0.1, 0.15) is 5.60 Å². The van der Waals surface area contributed by atoms with Crippen LogP contribution in [0.15, 0.2) is 22.7 Å². The zero-order chi connectivity index (χ0) is 13.1. The van der Waals surface area contributed by atoms with Crippen LogP contribution in [0.25, 0.3) is 0 Å². The molecule has 0 fully saturated rings. The summed E-state index contributed by atoms with van der Waals surface area (Å²) < 4.78 is 23.9. The van der Waals surface area contributed by atoms with Gasteiger partial charge < -0.3 is 9.47 Å². The van der Waals surface area contributed by atoms with E-state index in [9.17, 15) is 9.18 Å². The van der Waals surface area contributed by atoms with Gasteiger partial charge in [0, 0.05) is 0 Å². The summed E-state index contributed by atoms with van der Waals surface area (Å²) in [6, 6.07) is 4.43. The predicted octanol–water partition coefficient (Wildman–Crippen LogP) is 3.31. The molecule has 1 aromatic rings. The van der Waals surface area contributed by atoms with Crippen molar-refractivity contribution in [2.45, 2.75) is 26.4 Å². The van der Waals surface area contributed by atoms with Gasteiger partial charge in [0.05, 0.1) is 4.47 Å². The second-order valence-electron chi connectivity index (χ2n) is 4.43. The van der Waals surface area contributed by atoms with Crippen LogP contribution in [0, 0.1) is 5.82 Å². The molecule has 0 unspecified atom stereocenters. The highest BCUT2D eigenvalue weighted by Gasteiger charge is 2.17. The van der Waals surface area contributed by atoms with Crippen molar-refractivity contribution in [1.82, 2.24) is 0 Å². The van der Waals surface area contributed by atoms with Crippen LogP contribution in [-0.2, 0) is 9.53 Å². The van der Waals surface area contributed by atoms with Crippen molar-refractivity contribution >= 4 is 21.9 Å². The monoisotopic (exact) mass is 304 g/mol. The summed E-state index contributed by atoms with van der Waals surface area (Å²) in [6.07, 6.45) is 0. The standard InChI is InChI=1S/C12H14BrFO3/c1-12(2,3)17-10(15)7-16-11-8(13)5-4-6-9(11)14/h4-6H,7H2,1-3H3. The highest BCUT2D eigenvalue weighted by atomic mass is 79.9. The molecule has 94 valence electrons. The lowest BCUT2D eigenvalue weighted by atomic mass is 10.2. The number of para-hydroxylation sites is 1. The summed E-state index contributed by atoms with van der Waals surface area (Å²) >= 11 is 3.14. The molecule has 0 heterocycles. The molecule has 0 amide bonds. The van der Waals surface area contributed by atoms with Gasteiger partial charge in [-0.1, -0.05) is 6.07 Å². The van der Waals surface area contributed by atoms with E-state index >= 15 is 0 Å². The number of carbonyl (C=O) groups excluding carboxylic acids is 1. The molecule has 0 atom stereocenters. The second-order valence-corrected chi connectivity index (χ2v) is 5.28. The molecule has 0 aromatic heterocycles. The van der Waals surface area contributed by atoms with Crippen LogP contribution in [0.2, 0.25) is 0 Å². The molecule has 1 rings (SSSR count). The van der Waals surface area contributed by atoms with Gasteiger partial charge in [-0.2, -0.15) is 0 Å². The molecule has 0 N–H and O–H groups in total. The Bertz CT molecular complexity index is 392. The quantitative estimate of drug-likeness (QED) is 0.804. The number of halogens is 2. The molecule has 0 bridgehead atoms. The molecule has 3 nitrogen and oxygen atoms in total. The minimum absolute atomic E-state index is 0.0124. The maximum Gasteiger partial charge on any atom is 0.344 e. The Morgan fingerprint density at radius 2 is 2.06 bits per heavy atom. The molecule has 0 radical (unpaired) electrons. The number of ether oxygens (including phenoxy) is 2. The van der Waals surface area contributed by atoms with Crippen molar-refractivity contribution < 1.29 is 18.7 Å². The fourth-order valence-electron chi connectivity index (χ4n) is 1.12. The molecular weight excluding hydrogens is 291 g/mol. The molecule has 0 saturated heterocycles.